The molecule has 1 saturated carbocycles. The van der Waals surface area contributed by atoms with Gasteiger partial charge in [0.1, 0.15) is 0 Å². The first-order valence-electron chi connectivity index (χ1n) is 13.3. The molecule has 0 radical (unpaired) electrons. The highest BCUT2D eigenvalue weighted by Gasteiger charge is 2.25. The summed E-state index contributed by atoms with van der Waals surface area (Å²) in [6, 6.07) is 11.4. The van der Waals surface area contributed by atoms with E-state index < -0.39 is 0 Å². The first kappa shape index (κ1) is 24.8. The quantitative estimate of drug-likeness (QED) is 0.375. The van der Waals surface area contributed by atoms with Crippen molar-refractivity contribution >= 4 is 5.78 Å². The molecule has 1 atom stereocenters. The molecule has 5 rings (SSSR count). The summed E-state index contributed by atoms with van der Waals surface area (Å²) < 4.78 is 3.53. The van der Waals surface area contributed by atoms with Crippen LogP contribution in [0.25, 0.3) is 22.6 Å². The van der Waals surface area contributed by atoms with Gasteiger partial charge >= 0.3 is 5.69 Å². The van der Waals surface area contributed by atoms with Crippen molar-refractivity contribution in [1.82, 2.24) is 34.7 Å². The lowest BCUT2D eigenvalue weighted by Crippen LogP contribution is -2.32. The smallest absolute Gasteiger partial charge is 0.297 e. The molecule has 3 heterocycles. The average Bonchev–Trinajstić information content (AvgIpc) is 3.55. The number of Topliss-reactive ketones (excluding diaryl/α,β-unsaturated/α-hetero) is 1. The van der Waals surface area contributed by atoms with Crippen molar-refractivity contribution in [1.29, 1.82) is 0 Å². The second-order valence-electron chi connectivity index (χ2n) is 9.77. The number of aromatic nitrogens is 7. The van der Waals surface area contributed by atoms with Crippen LogP contribution in [0.1, 0.15) is 75.6 Å². The van der Waals surface area contributed by atoms with Gasteiger partial charge in [-0.15, -0.1) is 10.2 Å². The van der Waals surface area contributed by atoms with Crippen LogP contribution >= 0.6 is 0 Å². The molecular weight excluding hydrogens is 466 g/mol. The Hall–Kier alpha value is -3.88. The number of nitrogens with one attached hydrogen (secondary N) is 1. The van der Waals surface area contributed by atoms with Crippen LogP contribution in [0.4, 0.5) is 0 Å². The molecule has 192 valence electrons. The van der Waals surface area contributed by atoms with Crippen molar-refractivity contribution in [3.8, 4) is 22.6 Å². The molecule has 9 nitrogen and oxygen atoms in total. The van der Waals surface area contributed by atoms with Crippen LogP contribution in [0, 0.1) is 0 Å². The molecule has 0 saturated heterocycles. The molecule has 1 N–H and O–H groups in total. The second-order valence-corrected chi connectivity index (χ2v) is 9.77. The van der Waals surface area contributed by atoms with Crippen LogP contribution in [0.2, 0.25) is 0 Å². The Bertz CT molecular complexity index is 1390. The highest BCUT2D eigenvalue weighted by molar-refractivity contribution is 5.82. The van der Waals surface area contributed by atoms with Crippen LogP contribution in [0.15, 0.2) is 53.6 Å². The maximum Gasteiger partial charge on any atom is 0.329 e. The first-order chi connectivity index (χ1) is 18.2. The number of rotatable bonds is 8. The molecular formula is C28H33N7O2. The standard InChI is InChI=1S/C28H33N7O2/c1-2-3-10-21-19-35(25-13-6-4-5-7-14-26(25)36)28(37)34(21)18-20-15-16-24(29-17-20)22-11-8-9-12-23(22)27-30-32-33-31-27/h8-9,11-12,15-17,19,25H,2-7,10,13-14,18H2,1H3,(H,30,31,32,33). The highest BCUT2D eigenvalue weighted by Crippen LogP contribution is 2.28. The maximum atomic E-state index is 13.6. The van der Waals surface area contributed by atoms with Gasteiger partial charge in [-0.05, 0) is 42.5 Å². The Morgan fingerprint density at radius 1 is 1.03 bits per heavy atom. The molecule has 0 amide bonds. The second kappa shape index (κ2) is 11.5. The number of aryl methyl sites for hydroxylation is 1. The Kier molecular flexibility index (Phi) is 7.67. The number of tetrazole rings is 1. The summed E-state index contributed by atoms with van der Waals surface area (Å²) in [5.74, 6) is 0.700. The summed E-state index contributed by atoms with van der Waals surface area (Å²) in [7, 11) is 0. The van der Waals surface area contributed by atoms with Crippen molar-refractivity contribution in [3.05, 3.63) is 70.5 Å². The van der Waals surface area contributed by atoms with Crippen molar-refractivity contribution in [2.45, 2.75) is 77.3 Å². The van der Waals surface area contributed by atoms with Gasteiger partial charge in [0.15, 0.2) is 5.78 Å². The van der Waals surface area contributed by atoms with Gasteiger partial charge in [-0.2, -0.15) is 5.21 Å². The molecule has 0 bridgehead atoms. The molecule has 3 aromatic heterocycles. The van der Waals surface area contributed by atoms with E-state index in [0.29, 0.717) is 18.8 Å². The zero-order valence-electron chi connectivity index (χ0n) is 21.3. The van der Waals surface area contributed by atoms with Gasteiger partial charge < -0.3 is 0 Å². The van der Waals surface area contributed by atoms with Crippen molar-refractivity contribution in [2.75, 3.05) is 0 Å². The van der Waals surface area contributed by atoms with Crippen LogP contribution < -0.4 is 5.69 Å². The number of imidazole rings is 1. The fraction of sp³-hybridized carbons (Fsp3) is 0.429. The Morgan fingerprint density at radius 3 is 2.62 bits per heavy atom. The predicted molar refractivity (Wildman–Crippen MR) is 141 cm³/mol. The number of unbranched alkanes of at least 4 members (excludes halogenated alkanes) is 1. The van der Waals surface area contributed by atoms with Crippen LogP contribution in [0.5, 0.6) is 0 Å². The number of pyridine rings is 1. The number of carbonyl (C=O) groups is 1. The van der Waals surface area contributed by atoms with Gasteiger partial charge in [-0.1, -0.05) is 62.9 Å². The van der Waals surface area contributed by atoms with E-state index in [9.17, 15) is 9.59 Å². The third kappa shape index (κ3) is 5.45. The number of hydrogen-bond donors (Lipinski definition) is 1. The van der Waals surface area contributed by atoms with Crippen LogP contribution in [-0.2, 0) is 17.8 Å². The van der Waals surface area contributed by atoms with Gasteiger partial charge in [0.05, 0.1) is 18.3 Å². The fourth-order valence-corrected chi connectivity index (χ4v) is 5.15. The van der Waals surface area contributed by atoms with Crippen molar-refractivity contribution < 1.29 is 4.79 Å². The van der Waals surface area contributed by atoms with Crippen molar-refractivity contribution in [3.63, 3.8) is 0 Å². The largest absolute Gasteiger partial charge is 0.329 e. The molecule has 4 aromatic rings. The third-order valence-corrected chi connectivity index (χ3v) is 7.19. The van der Waals surface area contributed by atoms with E-state index in [1.807, 2.05) is 53.4 Å². The number of ketones is 1. The Labute approximate surface area is 216 Å². The molecule has 1 aliphatic rings. The summed E-state index contributed by atoms with van der Waals surface area (Å²) in [5, 5.41) is 14.4. The van der Waals surface area contributed by atoms with Gasteiger partial charge in [0.2, 0.25) is 5.82 Å². The van der Waals surface area contributed by atoms with E-state index in [-0.39, 0.29) is 17.5 Å². The predicted octanol–water partition coefficient (Wildman–Crippen LogP) is 4.75. The number of nitrogens with zero attached hydrogens (tertiary/aromatic N) is 6. The minimum Gasteiger partial charge on any atom is -0.297 e. The lowest BCUT2D eigenvalue weighted by molar-refractivity contribution is -0.122. The molecule has 37 heavy (non-hydrogen) atoms. The molecule has 1 fully saturated rings. The summed E-state index contributed by atoms with van der Waals surface area (Å²) in [6.45, 7) is 2.57. The molecule has 1 aromatic carbocycles. The van der Waals surface area contributed by atoms with Gasteiger partial charge in [-0.25, -0.2) is 4.79 Å². The summed E-state index contributed by atoms with van der Waals surface area (Å²) in [4.78, 5) is 31.2. The number of carbonyl (C=O) groups excluding carboxylic acids is 1. The van der Waals surface area contributed by atoms with Gasteiger partial charge in [0, 0.05) is 35.6 Å². The van der Waals surface area contributed by atoms with Gasteiger partial charge in [0.25, 0.3) is 0 Å². The van der Waals surface area contributed by atoms with E-state index in [2.05, 4.69) is 27.5 Å². The molecule has 1 aliphatic carbocycles. The highest BCUT2D eigenvalue weighted by atomic mass is 16.2. The molecule has 1 unspecified atom stereocenters. The number of aromatic amines is 1. The number of benzene rings is 1. The average molecular weight is 500 g/mol. The first-order valence-corrected chi connectivity index (χ1v) is 13.3. The third-order valence-electron chi connectivity index (χ3n) is 7.19. The number of hydrogen-bond acceptors (Lipinski definition) is 6. The maximum absolute atomic E-state index is 13.6. The van der Waals surface area contributed by atoms with Crippen molar-refractivity contribution in [2.24, 2.45) is 0 Å². The Balaban J connectivity index is 1.43. The van der Waals surface area contributed by atoms with E-state index in [0.717, 1.165) is 79.4 Å². The van der Waals surface area contributed by atoms with E-state index in [4.69, 9.17) is 4.98 Å². The van der Waals surface area contributed by atoms with E-state index >= 15 is 0 Å². The monoisotopic (exact) mass is 499 g/mol. The van der Waals surface area contributed by atoms with Crippen LogP contribution in [0.3, 0.4) is 0 Å². The van der Waals surface area contributed by atoms with Crippen LogP contribution in [-0.4, -0.2) is 40.5 Å². The zero-order valence-corrected chi connectivity index (χ0v) is 21.3. The van der Waals surface area contributed by atoms with E-state index in [1.165, 1.54) is 0 Å². The normalized spacial score (nSPS) is 16.5. The van der Waals surface area contributed by atoms with E-state index in [1.54, 1.807) is 4.57 Å². The number of H-pyrrole nitrogens is 1. The minimum absolute atomic E-state index is 0.100. The summed E-state index contributed by atoms with van der Waals surface area (Å²) in [6.07, 6.45) is 12.0. The molecule has 9 heteroatoms. The lowest BCUT2D eigenvalue weighted by Gasteiger charge is -2.19. The Morgan fingerprint density at radius 2 is 1.86 bits per heavy atom. The molecule has 0 aliphatic heterocycles. The lowest BCUT2D eigenvalue weighted by atomic mass is 9.95. The SMILES string of the molecule is CCCCc1cn(C2CCCCCCC2=O)c(=O)n1Cc1ccc(-c2ccccc2-c2nn[nH]n2)nc1. The zero-order chi connectivity index (χ0) is 25.6. The minimum atomic E-state index is -0.350. The van der Waals surface area contributed by atoms with Gasteiger partial charge in [-0.3, -0.25) is 18.9 Å². The summed E-state index contributed by atoms with van der Waals surface area (Å²) in [5.41, 5.74) is 4.35. The topological polar surface area (TPSA) is 111 Å². The fourth-order valence-electron chi connectivity index (χ4n) is 5.15. The summed E-state index contributed by atoms with van der Waals surface area (Å²) >= 11 is 0. The molecule has 0 spiro atoms.